The van der Waals surface area contributed by atoms with Crippen molar-refractivity contribution in [2.24, 2.45) is 0 Å². The van der Waals surface area contributed by atoms with E-state index in [-0.39, 0.29) is 5.75 Å². The summed E-state index contributed by atoms with van der Waals surface area (Å²) in [6.07, 6.45) is 2.51. The number of benzene rings is 1. The fourth-order valence-electron chi connectivity index (χ4n) is 2.20. The van der Waals surface area contributed by atoms with Crippen LogP contribution in [0.4, 0.5) is 0 Å². The zero-order valence-electron chi connectivity index (χ0n) is 10.2. The van der Waals surface area contributed by atoms with Crippen molar-refractivity contribution in [3.8, 4) is 0 Å². The van der Waals surface area contributed by atoms with E-state index in [1.165, 1.54) is 12.8 Å². The summed E-state index contributed by atoms with van der Waals surface area (Å²) in [5.74, 6) is 0.167. The van der Waals surface area contributed by atoms with Gasteiger partial charge in [-0.05, 0) is 43.6 Å². The molecule has 2 rings (SSSR count). The smallest absolute Gasteiger partial charge is 0.178 e. The minimum atomic E-state index is -3.07. The van der Waals surface area contributed by atoms with Crippen LogP contribution in [-0.2, 0) is 16.4 Å². The molecule has 3 nitrogen and oxygen atoms in total. The fraction of sp³-hybridized carbons (Fsp3) is 0.538. The van der Waals surface area contributed by atoms with Gasteiger partial charge in [0.25, 0.3) is 0 Å². The number of likely N-dealkylation sites (tertiary alicyclic amines) is 1. The van der Waals surface area contributed by atoms with Gasteiger partial charge in [-0.15, -0.1) is 0 Å². The molecule has 1 aliphatic rings. The molecule has 1 saturated heterocycles. The topological polar surface area (TPSA) is 37.4 Å². The van der Waals surface area contributed by atoms with Crippen molar-refractivity contribution in [1.29, 1.82) is 0 Å². The number of nitrogens with zero attached hydrogens (tertiary/aromatic N) is 1. The lowest BCUT2D eigenvalue weighted by Gasteiger charge is -2.15. The molecule has 1 fully saturated rings. The highest BCUT2D eigenvalue weighted by molar-refractivity contribution is 7.91. The lowest BCUT2D eigenvalue weighted by Crippen LogP contribution is -2.18. The van der Waals surface area contributed by atoms with Crippen molar-refractivity contribution < 1.29 is 8.42 Å². The van der Waals surface area contributed by atoms with E-state index in [9.17, 15) is 8.42 Å². The van der Waals surface area contributed by atoms with E-state index in [1.807, 2.05) is 18.2 Å². The average molecular weight is 253 g/mol. The first-order valence-electron chi connectivity index (χ1n) is 6.16. The van der Waals surface area contributed by atoms with Crippen LogP contribution in [0.1, 0.15) is 25.3 Å². The van der Waals surface area contributed by atoms with E-state index in [1.54, 1.807) is 13.0 Å². The van der Waals surface area contributed by atoms with Gasteiger partial charge in [-0.25, -0.2) is 8.42 Å². The van der Waals surface area contributed by atoms with E-state index in [4.69, 9.17) is 0 Å². The molecule has 1 aromatic carbocycles. The van der Waals surface area contributed by atoms with Crippen LogP contribution in [0.3, 0.4) is 0 Å². The number of hydrogen-bond acceptors (Lipinski definition) is 3. The Bertz CT molecular complexity index is 476. The first-order valence-corrected chi connectivity index (χ1v) is 7.81. The largest absolute Gasteiger partial charge is 0.299 e. The van der Waals surface area contributed by atoms with Gasteiger partial charge in [-0.2, -0.15) is 0 Å². The fourth-order valence-corrected chi connectivity index (χ4v) is 3.15. The third kappa shape index (κ3) is 3.07. The molecule has 0 spiro atoms. The Kier molecular flexibility index (Phi) is 3.84. The molecule has 1 aromatic rings. The van der Waals surface area contributed by atoms with Crippen molar-refractivity contribution >= 4 is 9.84 Å². The molecule has 0 aliphatic carbocycles. The second kappa shape index (κ2) is 5.19. The molecule has 0 N–H and O–H groups in total. The maximum absolute atomic E-state index is 11.8. The van der Waals surface area contributed by atoms with Gasteiger partial charge < -0.3 is 0 Å². The van der Waals surface area contributed by atoms with Crippen LogP contribution in [0, 0.1) is 0 Å². The van der Waals surface area contributed by atoms with Gasteiger partial charge in [0, 0.05) is 6.54 Å². The Morgan fingerprint density at radius 3 is 2.59 bits per heavy atom. The van der Waals surface area contributed by atoms with Crippen LogP contribution in [0.5, 0.6) is 0 Å². The normalized spacial score (nSPS) is 17.5. The van der Waals surface area contributed by atoms with E-state index in [2.05, 4.69) is 4.90 Å². The summed E-state index contributed by atoms with van der Waals surface area (Å²) in [7, 11) is -3.07. The van der Waals surface area contributed by atoms with Crippen molar-refractivity contribution in [1.82, 2.24) is 4.90 Å². The standard InChI is InChI=1S/C13H19NO2S/c1-2-17(15,16)13-7-5-6-12(10-13)11-14-8-3-4-9-14/h5-7,10H,2-4,8-9,11H2,1H3. The first kappa shape index (κ1) is 12.6. The molecule has 0 radical (unpaired) electrons. The van der Waals surface area contributed by atoms with Crippen LogP contribution in [0.2, 0.25) is 0 Å². The molecule has 1 heterocycles. The Hall–Kier alpha value is -0.870. The summed E-state index contributed by atoms with van der Waals surface area (Å²) < 4.78 is 23.6. The van der Waals surface area contributed by atoms with Gasteiger partial charge in [0.15, 0.2) is 9.84 Å². The monoisotopic (exact) mass is 253 g/mol. The maximum atomic E-state index is 11.8. The van der Waals surface area contributed by atoms with Crippen LogP contribution < -0.4 is 0 Å². The molecule has 0 bridgehead atoms. The molecule has 0 atom stereocenters. The van der Waals surface area contributed by atoms with E-state index in [0.29, 0.717) is 4.90 Å². The predicted octanol–water partition coefficient (Wildman–Crippen LogP) is 2.08. The van der Waals surface area contributed by atoms with E-state index in [0.717, 1.165) is 25.2 Å². The van der Waals surface area contributed by atoms with Crippen LogP contribution in [0.25, 0.3) is 0 Å². The molecule has 0 amide bonds. The van der Waals surface area contributed by atoms with Crippen LogP contribution in [-0.4, -0.2) is 32.2 Å². The Morgan fingerprint density at radius 1 is 1.24 bits per heavy atom. The van der Waals surface area contributed by atoms with Crippen molar-refractivity contribution in [2.75, 3.05) is 18.8 Å². The molecule has 0 unspecified atom stereocenters. The minimum absolute atomic E-state index is 0.167. The van der Waals surface area contributed by atoms with E-state index < -0.39 is 9.84 Å². The highest BCUT2D eigenvalue weighted by Gasteiger charge is 2.14. The zero-order valence-corrected chi connectivity index (χ0v) is 11.0. The molecule has 1 aliphatic heterocycles. The summed E-state index contributed by atoms with van der Waals surface area (Å²) >= 11 is 0. The summed E-state index contributed by atoms with van der Waals surface area (Å²) in [5.41, 5.74) is 1.10. The summed E-state index contributed by atoms with van der Waals surface area (Å²) in [4.78, 5) is 2.83. The van der Waals surface area contributed by atoms with Gasteiger partial charge in [0.1, 0.15) is 0 Å². The summed E-state index contributed by atoms with van der Waals surface area (Å²) in [6, 6.07) is 7.35. The third-order valence-electron chi connectivity index (χ3n) is 3.24. The second-order valence-electron chi connectivity index (χ2n) is 4.53. The van der Waals surface area contributed by atoms with Crippen LogP contribution in [0.15, 0.2) is 29.2 Å². The minimum Gasteiger partial charge on any atom is -0.299 e. The zero-order chi connectivity index (χ0) is 12.3. The molecular formula is C13H19NO2S. The van der Waals surface area contributed by atoms with Gasteiger partial charge in [-0.3, -0.25) is 4.90 Å². The first-order chi connectivity index (χ1) is 8.12. The molecule has 17 heavy (non-hydrogen) atoms. The van der Waals surface area contributed by atoms with Gasteiger partial charge in [0.2, 0.25) is 0 Å². The SMILES string of the molecule is CCS(=O)(=O)c1cccc(CN2CCCC2)c1. The van der Waals surface area contributed by atoms with E-state index >= 15 is 0 Å². The number of sulfone groups is 1. The quantitative estimate of drug-likeness (QED) is 0.824. The molecule has 94 valence electrons. The average Bonchev–Trinajstić information content (AvgIpc) is 2.82. The Labute approximate surface area is 103 Å². The Morgan fingerprint density at radius 2 is 1.94 bits per heavy atom. The summed E-state index contributed by atoms with van der Waals surface area (Å²) in [5, 5.41) is 0. The van der Waals surface area contributed by atoms with Crippen molar-refractivity contribution in [2.45, 2.75) is 31.2 Å². The predicted molar refractivity (Wildman–Crippen MR) is 68.7 cm³/mol. The van der Waals surface area contributed by atoms with Gasteiger partial charge in [0.05, 0.1) is 10.6 Å². The third-order valence-corrected chi connectivity index (χ3v) is 4.97. The van der Waals surface area contributed by atoms with Crippen LogP contribution >= 0.6 is 0 Å². The molecule has 0 saturated carbocycles. The molecule has 0 aromatic heterocycles. The highest BCUT2D eigenvalue weighted by Crippen LogP contribution is 2.17. The maximum Gasteiger partial charge on any atom is 0.178 e. The van der Waals surface area contributed by atoms with Crippen molar-refractivity contribution in [3.63, 3.8) is 0 Å². The molecular weight excluding hydrogens is 234 g/mol. The summed E-state index contributed by atoms with van der Waals surface area (Å²) in [6.45, 7) is 4.81. The van der Waals surface area contributed by atoms with Gasteiger partial charge >= 0.3 is 0 Å². The molecule has 4 heteroatoms. The lowest BCUT2D eigenvalue weighted by molar-refractivity contribution is 0.331. The van der Waals surface area contributed by atoms with Gasteiger partial charge in [-0.1, -0.05) is 19.1 Å². The van der Waals surface area contributed by atoms with Crippen molar-refractivity contribution in [3.05, 3.63) is 29.8 Å². The lowest BCUT2D eigenvalue weighted by atomic mass is 10.2. The Balaban J connectivity index is 2.16. The number of hydrogen-bond donors (Lipinski definition) is 0. The highest BCUT2D eigenvalue weighted by atomic mass is 32.2. The second-order valence-corrected chi connectivity index (χ2v) is 6.81. The number of rotatable bonds is 4.